The molecule has 0 aliphatic carbocycles. The van der Waals surface area contributed by atoms with E-state index < -0.39 is 0 Å². The van der Waals surface area contributed by atoms with Crippen molar-refractivity contribution >= 4 is 57.2 Å². The molecule has 2 aliphatic rings. The van der Waals surface area contributed by atoms with Crippen LogP contribution in [-0.2, 0) is 6.42 Å². The molecule has 11 rings (SSSR count). The van der Waals surface area contributed by atoms with E-state index in [1.807, 2.05) is 0 Å². The van der Waals surface area contributed by atoms with Gasteiger partial charge in [-0.15, -0.1) is 0 Å². The van der Waals surface area contributed by atoms with Gasteiger partial charge in [-0.1, -0.05) is 183 Å². The summed E-state index contributed by atoms with van der Waals surface area (Å²) in [6, 6.07) is 80.8. The van der Waals surface area contributed by atoms with E-state index in [4.69, 9.17) is 0 Å². The summed E-state index contributed by atoms with van der Waals surface area (Å²) in [6.07, 6.45) is 3.29. The fraction of sp³-hybridized carbons (Fsp3) is 0.0690. The molecule has 0 N–H and O–H groups in total. The number of rotatable bonds is 9. The summed E-state index contributed by atoms with van der Waals surface area (Å²) >= 11 is 0. The van der Waals surface area contributed by atoms with Crippen LogP contribution in [0.5, 0.6) is 0 Å². The second kappa shape index (κ2) is 15.7. The molecular weight excluding hydrogens is 735 g/mol. The molecule has 0 bridgehead atoms. The van der Waals surface area contributed by atoms with E-state index in [0.29, 0.717) is 0 Å². The molecule has 0 saturated carbocycles. The molecule has 0 amide bonds. The topological polar surface area (TPSA) is 6.48 Å². The van der Waals surface area contributed by atoms with Gasteiger partial charge in [0.05, 0.1) is 0 Å². The van der Waals surface area contributed by atoms with Crippen LogP contribution in [0.1, 0.15) is 25.3 Å². The van der Waals surface area contributed by atoms with Gasteiger partial charge in [0.25, 0.3) is 6.71 Å². The third-order valence-corrected chi connectivity index (χ3v) is 12.6. The molecule has 9 aromatic rings. The molecule has 0 radical (unpaired) electrons. The Hall–Kier alpha value is -7.36. The summed E-state index contributed by atoms with van der Waals surface area (Å²) in [5.41, 5.74) is 22.4. The Labute approximate surface area is 360 Å². The lowest BCUT2D eigenvalue weighted by Gasteiger charge is -2.44. The van der Waals surface area contributed by atoms with E-state index in [0.717, 1.165) is 30.6 Å². The highest BCUT2D eigenvalue weighted by Gasteiger charge is 2.44. The van der Waals surface area contributed by atoms with Crippen LogP contribution in [0, 0.1) is 0 Å². The molecular formula is C58H45BN2. The third kappa shape index (κ3) is 6.64. The first-order valence-electron chi connectivity index (χ1n) is 21.7. The van der Waals surface area contributed by atoms with Gasteiger partial charge >= 0.3 is 0 Å². The standard InChI is InChI=1S/C58H45BN2/c1-2-3-16-41-37-56-58-57(38-41)61(51-33-27-47(28-34-51)43-19-10-5-11-20-43)55-36-30-49(45-23-14-7-15-24-45)40-53(55)59(58)52-39-48(44-21-12-6-13-22-44)29-35-54(52)60(56)50-31-25-46(26-32-50)42-17-8-4-9-18-42/h4-15,17-40H,2-3,16H2,1H3. The van der Waals surface area contributed by atoms with Gasteiger partial charge in [-0.25, -0.2) is 0 Å². The normalized spacial score (nSPS) is 12.4. The maximum atomic E-state index is 2.55. The number of fused-ring (bicyclic) bond motifs is 4. The minimum Gasteiger partial charge on any atom is -0.311 e. The summed E-state index contributed by atoms with van der Waals surface area (Å²) in [5, 5.41) is 0. The number of benzene rings is 9. The van der Waals surface area contributed by atoms with Gasteiger partial charge in [-0.3, -0.25) is 0 Å². The summed E-state index contributed by atoms with van der Waals surface area (Å²) in [4.78, 5) is 5.10. The maximum absolute atomic E-state index is 2.55. The molecule has 0 atom stereocenters. The van der Waals surface area contributed by atoms with E-state index in [-0.39, 0.29) is 6.71 Å². The predicted octanol–water partition coefficient (Wildman–Crippen LogP) is 13.8. The quantitative estimate of drug-likeness (QED) is 0.135. The first-order valence-corrected chi connectivity index (χ1v) is 21.7. The largest absolute Gasteiger partial charge is 0.311 e. The summed E-state index contributed by atoms with van der Waals surface area (Å²) in [6.45, 7) is 2.29. The number of anilines is 6. The lowest BCUT2D eigenvalue weighted by Crippen LogP contribution is -2.61. The first-order chi connectivity index (χ1) is 30.2. The van der Waals surface area contributed by atoms with Crippen LogP contribution in [0.3, 0.4) is 0 Å². The molecule has 0 spiro atoms. The van der Waals surface area contributed by atoms with Crippen LogP contribution in [-0.4, -0.2) is 6.71 Å². The number of hydrogen-bond donors (Lipinski definition) is 0. The molecule has 2 nitrogen and oxygen atoms in total. The lowest BCUT2D eigenvalue weighted by molar-refractivity contribution is 0.795. The van der Waals surface area contributed by atoms with Crippen molar-refractivity contribution in [3.05, 3.63) is 224 Å². The van der Waals surface area contributed by atoms with Crippen LogP contribution >= 0.6 is 0 Å². The van der Waals surface area contributed by atoms with Gasteiger partial charge in [0.15, 0.2) is 0 Å². The van der Waals surface area contributed by atoms with Crippen LogP contribution in [0.25, 0.3) is 44.5 Å². The van der Waals surface area contributed by atoms with Crippen molar-refractivity contribution in [1.29, 1.82) is 0 Å². The zero-order valence-electron chi connectivity index (χ0n) is 34.4. The zero-order valence-corrected chi connectivity index (χ0v) is 34.4. The van der Waals surface area contributed by atoms with Crippen molar-refractivity contribution in [2.75, 3.05) is 9.80 Å². The molecule has 0 saturated heterocycles. The summed E-state index contributed by atoms with van der Waals surface area (Å²) < 4.78 is 0. The van der Waals surface area contributed by atoms with Gasteiger partial charge in [-0.2, -0.15) is 0 Å². The maximum Gasteiger partial charge on any atom is 0.252 e. The van der Waals surface area contributed by atoms with Crippen molar-refractivity contribution in [3.63, 3.8) is 0 Å². The van der Waals surface area contributed by atoms with Crippen molar-refractivity contribution in [2.24, 2.45) is 0 Å². The Morgan fingerprint density at radius 3 is 1.07 bits per heavy atom. The van der Waals surface area contributed by atoms with Gasteiger partial charge in [0, 0.05) is 34.1 Å². The van der Waals surface area contributed by atoms with E-state index in [1.165, 1.54) is 89.2 Å². The number of aryl methyl sites for hydroxylation is 1. The summed E-state index contributed by atoms with van der Waals surface area (Å²) in [5.74, 6) is 0. The number of unbranched alkanes of at least 4 members (excludes halogenated alkanes) is 1. The lowest BCUT2D eigenvalue weighted by atomic mass is 9.33. The van der Waals surface area contributed by atoms with E-state index >= 15 is 0 Å². The minimum absolute atomic E-state index is 0.00207. The Morgan fingerprint density at radius 2 is 0.689 bits per heavy atom. The zero-order chi connectivity index (χ0) is 40.7. The van der Waals surface area contributed by atoms with Crippen molar-refractivity contribution < 1.29 is 0 Å². The van der Waals surface area contributed by atoms with Crippen molar-refractivity contribution in [1.82, 2.24) is 0 Å². The van der Waals surface area contributed by atoms with Crippen LogP contribution in [0.15, 0.2) is 218 Å². The third-order valence-electron chi connectivity index (χ3n) is 12.6. The first kappa shape index (κ1) is 36.7. The molecule has 2 heterocycles. The Bertz CT molecular complexity index is 2780. The Balaban J connectivity index is 1.18. The molecule has 290 valence electrons. The van der Waals surface area contributed by atoms with Crippen molar-refractivity contribution in [3.8, 4) is 44.5 Å². The van der Waals surface area contributed by atoms with Crippen LogP contribution < -0.4 is 26.2 Å². The van der Waals surface area contributed by atoms with Crippen LogP contribution in [0.2, 0.25) is 0 Å². The number of nitrogens with zero attached hydrogens (tertiary/aromatic N) is 2. The Kier molecular flexibility index (Phi) is 9.43. The number of hydrogen-bond acceptors (Lipinski definition) is 2. The van der Waals surface area contributed by atoms with Gasteiger partial charge in [0.1, 0.15) is 0 Å². The average Bonchev–Trinajstić information content (AvgIpc) is 3.34. The van der Waals surface area contributed by atoms with Gasteiger partial charge in [0.2, 0.25) is 0 Å². The van der Waals surface area contributed by atoms with E-state index in [2.05, 4.69) is 235 Å². The average molecular weight is 781 g/mol. The molecule has 0 unspecified atom stereocenters. The van der Waals surface area contributed by atoms with Gasteiger partial charge in [-0.05, 0) is 128 Å². The fourth-order valence-electron chi connectivity index (χ4n) is 9.63. The molecule has 0 aromatic heterocycles. The SMILES string of the molecule is CCCCc1cc2c3c(c1)N(c1ccc(-c4ccccc4)cc1)c1ccc(-c4ccccc4)cc1B3c1cc(-c3ccccc3)ccc1N2c1ccc(-c2ccccc2)cc1. The highest BCUT2D eigenvalue weighted by molar-refractivity contribution is 7.00. The van der Waals surface area contributed by atoms with Gasteiger partial charge < -0.3 is 9.80 Å². The van der Waals surface area contributed by atoms with Crippen molar-refractivity contribution in [2.45, 2.75) is 26.2 Å². The molecule has 0 fully saturated rings. The molecule has 3 heteroatoms. The second-order valence-electron chi connectivity index (χ2n) is 16.4. The fourth-order valence-corrected chi connectivity index (χ4v) is 9.63. The molecule has 2 aliphatic heterocycles. The summed E-state index contributed by atoms with van der Waals surface area (Å²) in [7, 11) is 0. The Morgan fingerprint density at radius 1 is 0.344 bits per heavy atom. The monoisotopic (exact) mass is 780 g/mol. The highest BCUT2D eigenvalue weighted by Crippen LogP contribution is 2.46. The minimum atomic E-state index is 0.00207. The molecule has 61 heavy (non-hydrogen) atoms. The van der Waals surface area contributed by atoms with E-state index in [9.17, 15) is 0 Å². The van der Waals surface area contributed by atoms with E-state index in [1.54, 1.807) is 0 Å². The predicted molar refractivity (Wildman–Crippen MR) is 261 cm³/mol. The highest BCUT2D eigenvalue weighted by atomic mass is 15.2. The molecule has 9 aromatic carbocycles. The smallest absolute Gasteiger partial charge is 0.252 e. The second-order valence-corrected chi connectivity index (χ2v) is 16.4. The van der Waals surface area contributed by atoms with Crippen LogP contribution in [0.4, 0.5) is 34.1 Å².